The minimum absolute atomic E-state index is 0.638. The predicted octanol–water partition coefficient (Wildman–Crippen LogP) is 13.0. The minimum atomic E-state index is -0.678. The molecule has 0 N–H and O–H groups in total. The summed E-state index contributed by atoms with van der Waals surface area (Å²) >= 11 is 1.84. The van der Waals surface area contributed by atoms with Gasteiger partial charge in [-0.2, -0.15) is 5.26 Å². The maximum atomic E-state index is 9.94. The summed E-state index contributed by atoms with van der Waals surface area (Å²) in [5, 5.41) is 14.5. The van der Waals surface area contributed by atoms with Crippen LogP contribution in [0.5, 0.6) is 0 Å². The quantitative estimate of drug-likeness (QED) is 0.179. The Morgan fingerprint density at radius 1 is 0.450 bits per heavy atom. The highest BCUT2D eigenvalue weighted by Gasteiger charge is 2.52. The summed E-state index contributed by atoms with van der Waals surface area (Å²) in [6, 6.07) is 65.5. The Hall–Kier alpha value is -7.72. The molecule has 0 saturated carbocycles. The second kappa shape index (κ2) is 12.4. The maximum absolute atomic E-state index is 9.94. The molecule has 5 nitrogen and oxygen atoms in total. The molecule has 4 aromatic heterocycles. The van der Waals surface area contributed by atoms with Gasteiger partial charge in [-0.25, -0.2) is 0 Å². The van der Waals surface area contributed by atoms with Crippen molar-refractivity contribution >= 4 is 55.4 Å². The molecule has 0 radical (unpaired) electrons. The van der Waals surface area contributed by atoms with Crippen LogP contribution in [0.3, 0.4) is 0 Å². The Bertz CT molecular complexity index is 3610. The molecule has 7 aromatic carbocycles. The largest absolute Gasteiger partial charge is 0.309 e. The molecule has 13 rings (SSSR count). The summed E-state index contributed by atoms with van der Waals surface area (Å²) < 4.78 is 4.70. The normalized spacial score (nSPS) is 15.0. The molecule has 60 heavy (non-hydrogen) atoms. The fourth-order valence-electron chi connectivity index (χ4n) is 10.2. The van der Waals surface area contributed by atoms with Gasteiger partial charge < -0.3 is 9.13 Å². The number of pyridine rings is 2. The van der Waals surface area contributed by atoms with E-state index in [0.717, 1.165) is 66.8 Å². The van der Waals surface area contributed by atoms with E-state index in [-0.39, 0.29) is 0 Å². The number of benzene rings is 7. The number of nitrogens with zero attached hydrogens (tertiary/aromatic N) is 5. The average Bonchev–Trinajstić information content (AvgIpc) is 3.93. The molecule has 1 atom stereocenters. The third-order valence-electron chi connectivity index (χ3n) is 12.7. The van der Waals surface area contributed by atoms with Gasteiger partial charge in [-0.3, -0.25) is 9.97 Å². The van der Waals surface area contributed by atoms with Crippen molar-refractivity contribution in [2.45, 2.75) is 15.2 Å². The van der Waals surface area contributed by atoms with Crippen LogP contribution in [0, 0.1) is 11.3 Å². The number of para-hydroxylation sites is 3. The monoisotopic (exact) mass is 781 g/mol. The minimum Gasteiger partial charge on any atom is -0.309 e. The molecule has 1 aliphatic heterocycles. The molecule has 0 fully saturated rings. The van der Waals surface area contributed by atoms with Gasteiger partial charge in [-0.15, -0.1) is 0 Å². The van der Waals surface area contributed by atoms with Crippen LogP contribution >= 0.6 is 11.8 Å². The van der Waals surface area contributed by atoms with Gasteiger partial charge in [0, 0.05) is 66.2 Å². The van der Waals surface area contributed by atoms with Gasteiger partial charge in [-0.05, 0) is 113 Å². The number of aromatic nitrogens is 4. The van der Waals surface area contributed by atoms with Crippen LogP contribution in [-0.2, 0) is 5.41 Å². The van der Waals surface area contributed by atoms with E-state index >= 15 is 0 Å². The molecule has 5 heterocycles. The van der Waals surface area contributed by atoms with E-state index in [1.807, 2.05) is 42.4 Å². The van der Waals surface area contributed by atoms with Gasteiger partial charge in [0.25, 0.3) is 0 Å². The first-order valence-corrected chi connectivity index (χ1v) is 20.9. The molecule has 0 amide bonds. The van der Waals surface area contributed by atoms with Crippen LogP contribution < -0.4 is 0 Å². The Morgan fingerprint density at radius 2 is 1.10 bits per heavy atom. The number of fused-ring (bicyclic) bond motifs is 15. The lowest BCUT2D eigenvalue weighted by molar-refractivity contribution is 0.718. The highest BCUT2D eigenvalue weighted by atomic mass is 32.2. The summed E-state index contributed by atoms with van der Waals surface area (Å²) in [7, 11) is 0. The fraction of sp³-hybridized carbons (Fsp3) is 0.0185. The molecule has 0 bridgehead atoms. The molecule has 11 aromatic rings. The van der Waals surface area contributed by atoms with E-state index in [1.54, 1.807) is 0 Å². The molecule has 6 heteroatoms. The van der Waals surface area contributed by atoms with Crippen molar-refractivity contribution in [1.82, 2.24) is 19.1 Å². The first kappa shape index (κ1) is 33.3. The van der Waals surface area contributed by atoms with Gasteiger partial charge in [0.2, 0.25) is 0 Å². The molecule has 1 aliphatic carbocycles. The molecule has 0 saturated heterocycles. The van der Waals surface area contributed by atoms with Crippen LogP contribution in [0.25, 0.3) is 77.5 Å². The number of rotatable bonds is 3. The van der Waals surface area contributed by atoms with Crippen molar-refractivity contribution in [3.8, 4) is 40.0 Å². The molecular weight excluding hydrogens is 751 g/mol. The molecule has 2 aliphatic rings. The summed E-state index contributed by atoms with van der Waals surface area (Å²) in [5.41, 5.74) is 15.3. The Balaban J connectivity index is 1.08. The van der Waals surface area contributed by atoms with Crippen molar-refractivity contribution in [1.29, 1.82) is 5.26 Å². The average molecular weight is 782 g/mol. The van der Waals surface area contributed by atoms with Crippen molar-refractivity contribution in [2.24, 2.45) is 0 Å². The van der Waals surface area contributed by atoms with Crippen LogP contribution in [0.15, 0.2) is 198 Å². The zero-order chi connectivity index (χ0) is 39.5. The van der Waals surface area contributed by atoms with Crippen molar-refractivity contribution in [3.63, 3.8) is 0 Å². The highest BCUT2D eigenvalue weighted by Crippen LogP contribution is 2.62. The van der Waals surface area contributed by atoms with E-state index in [2.05, 4.69) is 173 Å². The summed E-state index contributed by atoms with van der Waals surface area (Å²) in [6.45, 7) is 0. The smallest absolute Gasteiger partial charge is 0.0991 e. The van der Waals surface area contributed by atoms with Gasteiger partial charge in [0.15, 0.2) is 0 Å². The maximum Gasteiger partial charge on any atom is 0.0991 e. The van der Waals surface area contributed by atoms with Gasteiger partial charge in [0.1, 0.15) is 0 Å². The first-order valence-electron chi connectivity index (χ1n) is 20.1. The SMILES string of the molecule is N#Cc1ccc2c(c1)c1cc(-c3cnc4c(c3)C3(c5ccccc5Sc5ccc(-n6c7ccccc7c7ccccc76)cc53)c3cccnc3-4)ccc1n2-c1ccccc1. The summed E-state index contributed by atoms with van der Waals surface area (Å²) in [6.07, 6.45) is 3.90. The second-order valence-corrected chi connectivity index (χ2v) is 16.7. The standard InChI is InChI=1S/C54H31N5S/c55-31-33-20-23-48-40(27-33)41-28-34(21-24-49(41)58(48)36-11-2-1-3-12-36)35-29-45-53(57-32-35)52-43(16-10-26-56-52)54(45)42-15-6-9-19-50(42)60-51-25-22-37(30-44(51)54)59-46-17-7-4-13-38(46)39-14-5-8-18-47(39)59/h1-30,32H. The first-order chi connectivity index (χ1) is 29.7. The lowest BCUT2D eigenvalue weighted by Gasteiger charge is -2.39. The Labute approximate surface area is 349 Å². The van der Waals surface area contributed by atoms with Crippen LogP contribution in [-0.4, -0.2) is 19.1 Å². The molecular formula is C54H31N5S. The zero-order valence-electron chi connectivity index (χ0n) is 32.0. The summed E-state index contributed by atoms with van der Waals surface area (Å²) in [4.78, 5) is 12.8. The van der Waals surface area contributed by atoms with Gasteiger partial charge >= 0.3 is 0 Å². The fourth-order valence-corrected chi connectivity index (χ4v) is 11.4. The number of hydrogen-bond donors (Lipinski definition) is 0. The second-order valence-electron chi connectivity index (χ2n) is 15.7. The predicted molar refractivity (Wildman–Crippen MR) is 242 cm³/mol. The van der Waals surface area contributed by atoms with Crippen molar-refractivity contribution in [2.75, 3.05) is 0 Å². The van der Waals surface area contributed by atoms with Crippen LogP contribution in [0.4, 0.5) is 0 Å². The van der Waals surface area contributed by atoms with Crippen molar-refractivity contribution in [3.05, 3.63) is 216 Å². The van der Waals surface area contributed by atoms with Gasteiger partial charge in [0.05, 0.1) is 50.5 Å². The van der Waals surface area contributed by atoms with Crippen LogP contribution in [0.2, 0.25) is 0 Å². The number of nitriles is 1. The molecule has 1 spiro atoms. The van der Waals surface area contributed by atoms with E-state index in [1.165, 1.54) is 42.7 Å². The summed E-state index contributed by atoms with van der Waals surface area (Å²) in [5.74, 6) is 0. The third kappa shape index (κ3) is 4.42. The third-order valence-corrected chi connectivity index (χ3v) is 13.8. The van der Waals surface area contributed by atoms with Crippen LogP contribution in [0.1, 0.15) is 27.8 Å². The van der Waals surface area contributed by atoms with Gasteiger partial charge in [-0.1, -0.05) is 96.7 Å². The zero-order valence-corrected chi connectivity index (χ0v) is 32.9. The van der Waals surface area contributed by atoms with E-state index in [9.17, 15) is 5.26 Å². The highest BCUT2D eigenvalue weighted by molar-refractivity contribution is 7.99. The lowest BCUT2D eigenvalue weighted by Crippen LogP contribution is -2.32. The lowest BCUT2D eigenvalue weighted by atomic mass is 9.67. The van der Waals surface area contributed by atoms with E-state index in [0.29, 0.717) is 5.56 Å². The Kier molecular flexibility index (Phi) is 6.87. The van der Waals surface area contributed by atoms with Crippen molar-refractivity contribution < 1.29 is 0 Å². The molecule has 1 unspecified atom stereocenters. The van der Waals surface area contributed by atoms with E-state index in [4.69, 9.17) is 9.97 Å². The topological polar surface area (TPSA) is 59.4 Å². The van der Waals surface area contributed by atoms with E-state index < -0.39 is 5.41 Å². The molecule has 278 valence electrons. The Morgan fingerprint density at radius 3 is 1.92 bits per heavy atom. The number of hydrogen-bond acceptors (Lipinski definition) is 4.